The van der Waals surface area contributed by atoms with E-state index < -0.39 is 0 Å². The standard InChI is InChI=1S/C18H24O2/c1-11-5-4-8-17(3)14-7-6-13-10-18(14,9-12(13)2)16(19)20-15(11)17/h13-14H,2,4-10H2,1,3H3/t13-,14+,17+,18+/m1/s1. The normalized spacial score (nSPS) is 46.9. The van der Waals surface area contributed by atoms with Crippen molar-refractivity contribution in [2.24, 2.45) is 22.7 Å². The SMILES string of the molecule is C=C1C[C@]23C[C@H]1CC[C@H]2[C@]1(C)CCCC(C)=C1OC3=O. The summed E-state index contributed by atoms with van der Waals surface area (Å²) in [5, 5.41) is 0. The summed E-state index contributed by atoms with van der Waals surface area (Å²) in [6.45, 7) is 8.74. The molecule has 2 bridgehead atoms. The van der Waals surface area contributed by atoms with Gasteiger partial charge >= 0.3 is 5.97 Å². The van der Waals surface area contributed by atoms with Crippen molar-refractivity contribution in [1.82, 2.24) is 0 Å². The molecule has 0 aromatic heterocycles. The van der Waals surface area contributed by atoms with Gasteiger partial charge < -0.3 is 4.74 Å². The van der Waals surface area contributed by atoms with Crippen LogP contribution < -0.4 is 0 Å². The van der Waals surface area contributed by atoms with Crippen LogP contribution in [0.5, 0.6) is 0 Å². The lowest BCUT2D eigenvalue weighted by atomic mass is 9.52. The van der Waals surface area contributed by atoms with E-state index in [1.807, 2.05) is 0 Å². The Morgan fingerprint density at radius 2 is 2.15 bits per heavy atom. The molecule has 0 aromatic rings. The van der Waals surface area contributed by atoms with Gasteiger partial charge in [-0.2, -0.15) is 0 Å². The van der Waals surface area contributed by atoms with Gasteiger partial charge in [-0.15, -0.1) is 0 Å². The first-order chi connectivity index (χ1) is 9.47. The highest BCUT2D eigenvalue weighted by molar-refractivity contribution is 5.82. The van der Waals surface area contributed by atoms with Crippen LogP contribution in [-0.2, 0) is 9.53 Å². The highest BCUT2D eigenvalue weighted by Crippen LogP contribution is 2.67. The Morgan fingerprint density at radius 1 is 1.35 bits per heavy atom. The molecule has 108 valence electrons. The lowest BCUT2D eigenvalue weighted by Gasteiger charge is -2.55. The number of fused-ring (bicyclic) bond motifs is 3. The minimum absolute atomic E-state index is 0.0552. The van der Waals surface area contributed by atoms with Crippen LogP contribution in [0.4, 0.5) is 0 Å². The smallest absolute Gasteiger partial charge is 0.317 e. The second kappa shape index (κ2) is 3.78. The second-order valence-corrected chi connectivity index (χ2v) is 7.79. The third-order valence-corrected chi connectivity index (χ3v) is 6.73. The van der Waals surface area contributed by atoms with Gasteiger partial charge in [0.05, 0.1) is 5.41 Å². The molecule has 2 nitrogen and oxygen atoms in total. The fraction of sp³-hybridized carbons (Fsp3) is 0.722. The highest BCUT2D eigenvalue weighted by Gasteiger charge is 2.65. The van der Waals surface area contributed by atoms with Gasteiger partial charge in [-0.3, -0.25) is 4.79 Å². The highest BCUT2D eigenvalue weighted by atomic mass is 16.5. The average molecular weight is 272 g/mol. The van der Waals surface area contributed by atoms with Crippen molar-refractivity contribution in [3.8, 4) is 0 Å². The lowest BCUT2D eigenvalue weighted by molar-refractivity contribution is -0.177. The molecule has 1 heterocycles. The van der Waals surface area contributed by atoms with Crippen LogP contribution in [-0.4, -0.2) is 5.97 Å². The second-order valence-electron chi connectivity index (χ2n) is 7.79. The third-order valence-electron chi connectivity index (χ3n) is 6.73. The fourth-order valence-electron chi connectivity index (χ4n) is 5.81. The van der Waals surface area contributed by atoms with Crippen molar-refractivity contribution < 1.29 is 9.53 Å². The van der Waals surface area contributed by atoms with E-state index in [0.717, 1.165) is 25.0 Å². The number of rotatable bonds is 0. The Labute approximate surface area is 121 Å². The summed E-state index contributed by atoms with van der Waals surface area (Å²) in [7, 11) is 0. The Morgan fingerprint density at radius 3 is 2.95 bits per heavy atom. The third kappa shape index (κ3) is 1.33. The number of esters is 1. The molecular weight excluding hydrogens is 248 g/mol. The van der Waals surface area contributed by atoms with Crippen LogP contribution in [0.1, 0.15) is 58.8 Å². The monoisotopic (exact) mass is 272 g/mol. The summed E-state index contributed by atoms with van der Waals surface area (Å²) in [5.74, 6) is 2.12. The summed E-state index contributed by atoms with van der Waals surface area (Å²) < 4.78 is 5.94. The molecule has 4 aliphatic rings. The molecule has 3 fully saturated rings. The van der Waals surface area contributed by atoms with Crippen LogP contribution in [0.25, 0.3) is 0 Å². The van der Waals surface area contributed by atoms with Crippen molar-refractivity contribution in [2.45, 2.75) is 58.8 Å². The summed E-state index contributed by atoms with van der Waals surface area (Å²) in [5.41, 5.74) is 2.45. The van der Waals surface area contributed by atoms with E-state index in [1.165, 1.54) is 36.8 Å². The van der Waals surface area contributed by atoms with E-state index in [1.54, 1.807) is 0 Å². The molecule has 4 rings (SSSR count). The summed E-state index contributed by atoms with van der Waals surface area (Å²) in [4.78, 5) is 12.8. The Kier molecular flexibility index (Phi) is 2.39. The van der Waals surface area contributed by atoms with Gasteiger partial charge in [-0.05, 0) is 69.3 Å². The molecule has 1 aliphatic heterocycles. The first-order valence-electron chi connectivity index (χ1n) is 8.07. The lowest BCUT2D eigenvalue weighted by Crippen LogP contribution is -2.54. The molecule has 2 heteroatoms. The molecule has 20 heavy (non-hydrogen) atoms. The van der Waals surface area contributed by atoms with Gasteiger partial charge in [0, 0.05) is 5.41 Å². The molecule has 1 spiro atoms. The number of ether oxygens (including phenoxy) is 1. The van der Waals surface area contributed by atoms with Crippen LogP contribution >= 0.6 is 0 Å². The maximum atomic E-state index is 12.8. The molecule has 2 saturated carbocycles. The average Bonchev–Trinajstić information content (AvgIpc) is 2.65. The van der Waals surface area contributed by atoms with E-state index >= 15 is 0 Å². The molecule has 4 atom stereocenters. The minimum Gasteiger partial charge on any atom is -0.430 e. The Bertz CT molecular complexity index is 544. The summed E-state index contributed by atoms with van der Waals surface area (Å²) >= 11 is 0. The van der Waals surface area contributed by atoms with Crippen molar-refractivity contribution in [3.63, 3.8) is 0 Å². The molecule has 0 unspecified atom stereocenters. The quantitative estimate of drug-likeness (QED) is 0.483. The van der Waals surface area contributed by atoms with E-state index in [2.05, 4.69) is 20.4 Å². The van der Waals surface area contributed by atoms with E-state index in [0.29, 0.717) is 11.8 Å². The van der Waals surface area contributed by atoms with Crippen LogP contribution in [0, 0.1) is 22.7 Å². The Balaban J connectivity index is 1.86. The van der Waals surface area contributed by atoms with Crippen LogP contribution in [0.3, 0.4) is 0 Å². The van der Waals surface area contributed by atoms with Gasteiger partial charge in [0.2, 0.25) is 0 Å². The Hall–Kier alpha value is -1.05. The van der Waals surface area contributed by atoms with Crippen molar-refractivity contribution >= 4 is 5.97 Å². The minimum atomic E-state index is -0.240. The van der Waals surface area contributed by atoms with Crippen molar-refractivity contribution in [3.05, 3.63) is 23.5 Å². The largest absolute Gasteiger partial charge is 0.430 e. The number of hydrogen-bond donors (Lipinski definition) is 0. The molecule has 0 radical (unpaired) electrons. The summed E-state index contributed by atoms with van der Waals surface area (Å²) in [6, 6.07) is 0. The zero-order valence-corrected chi connectivity index (χ0v) is 12.6. The van der Waals surface area contributed by atoms with E-state index in [-0.39, 0.29) is 16.8 Å². The summed E-state index contributed by atoms with van der Waals surface area (Å²) in [6.07, 6.45) is 7.77. The number of allylic oxidation sites excluding steroid dienone is 3. The maximum absolute atomic E-state index is 12.8. The molecular formula is C18H24O2. The topological polar surface area (TPSA) is 26.3 Å². The van der Waals surface area contributed by atoms with E-state index in [9.17, 15) is 4.79 Å². The molecule has 0 amide bonds. The molecule has 1 saturated heterocycles. The number of carbonyl (C=O) groups is 1. The zero-order valence-electron chi connectivity index (χ0n) is 12.6. The van der Waals surface area contributed by atoms with Gasteiger partial charge in [0.1, 0.15) is 5.76 Å². The molecule has 0 N–H and O–H groups in total. The van der Waals surface area contributed by atoms with Crippen molar-refractivity contribution in [1.29, 1.82) is 0 Å². The number of carbonyl (C=O) groups excluding carboxylic acids is 1. The predicted octanol–water partition coefficient (Wildman–Crippen LogP) is 4.37. The molecule has 0 aromatic carbocycles. The molecule has 3 aliphatic carbocycles. The van der Waals surface area contributed by atoms with Gasteiger partial charge in [0.25, 0.3) is 0 Å². The number of hydrogen-bond acceptors (Lipinski definition) is 2. The fourth-order valence-corrected chi connectivity index (χ4v) is 5.81. The predicted molar refractivity (Wildman–Crippen MR) is 77.8 cm³/mol. The van der Waals surface area contributed by atoms with Gasteiger partial charge in [-0.25, -0.2) is 0 Å². The van der Waals surface area contributed by atoms with Gasteiger partial charge in [-0.1, -0.05) is 19.1 Å². The van der Waals surface area contributed by atoms with Crippen LogP contribution in [0.2, 0.25) is 0 Å². The zero-order chi connectivity index (χ0) is 14.1. The van der Waals surface area contributed by atoms with E-state index in [4.69, 9.17) is 4.74 Å². The first kappa shape index (κ1) is 12.7. The van der Waals surface area contributed by atoms with Crippen LogP contribution in [0.15, 0.2) is 23.5 Å². The van der Waals surface area contributed by atoms with Gasteiger partial charge in [0.15, 0.2) is 0 Å². The maximum Gasteiger partial charge on any atom is 0.317 e. The first-order valence-corrected chi connectivity index (χ1v) is 8.07. The van der Waals surface area contributed by atoms with Crippen molar-refractivity contribution in [2.75, 3.05) is 0 Å².